The van der Waals surface area contributed by atoms with Gasteiger partial charge in [-0.2, -0.15) is 0 Å². The molecule has 0 saturated carbocycles. The Labute approximate surface area is 111 Å². The van der Waals surface area contributed by atoms with E-state index in [9.17, 15) is 9.90 Å². The van der Waals surface area contributed by atoms with Gasteiger partial charge in [-0.1, -0.05) is 6.07 Å². The second-order valence-corrected chi connectivity index (χ2v) is 4.92. The van der Waals surface area contributed by atoms with Gasteiger partial charge in [-0.15, -0.1) is 0 Å². The van der Waals surface area contributed by atoms with E-state index in [0.29, 0.717) is 11.1 Å². The van der Waals surface area contributed by atoms with E-state index in [2.05, 4.69) is 10.3 Å². The number of nitrogens with one attached hydrogen (secondary N) is 1. The lowest BCUT2D eigenvalue weighted by molar-refractivity contribution is 0.0897. The van der Waals surface area contributed by atoms with E-state index >= 15 is 0 Å². The molecule has 0 radical (unpaired) electrons. The van der Waals surface area contributed by atoms with Crippen molar-refractivity contribution >= 4 is 16.7 Å². The van der Waals surface area contributed by atoms with Crippen LogP contribution >= 0.6 is 0 Å². The van der Waals surface area contributed by atoms with Gasteiger partial charge in [0.2, 0.25) is 0 Å². The number of piperidine rings is 1. The maximum atomic E-state index is 12.6. The summed E-state index contributed by atoms with van der Waals surface area (Å²) in [5.74, 6) is 0.367. The van der Waals surface area contributed by atoms with Gasteiger partial charge in [0.1, 0.15) is 11.3 Å². The summed E-state index contributed by atoms with van der Waals surface area (Å²) in [6.07, 6.45) is 3.38. The summed E-state index contributed by atoms with van der Waals surface area (Å²) in [7, 11) is 0. The van der Waals surface area contributed by atoms with Crippen LogP contribution in [-0.4, -0.2) is 29.0 Å². The van der Waals surface area contributed by atoms with Crippen molar-refractivity contribution in [1.29, 1.82) is 0 Å². The number of phenols is 1. The van der Waals surface area contributed by atoms with Gasteiger partial charge in [0.05, 0.1) is 0 Å². The van der Waals surface area contributed by atoms with Crippen molar-refractivity contribution in [3.05, 3.63) is 36.0 Å². The normalized spacial score (nSPS) is 16.6. The number of rotatable bonds is 2. The number of pyridine rings is 1. The molecule has 4 nitrogen and oxygen atoms in total. The first-order valence-electron chi connectivity index (χ1n) is 6.59. The summed E-state index contributed by atoms with van der Waals surface area (Å²) in [5, 5.41) is 13.8. The number of Topliss-reactive ketones (excluding diaryl/α,β-unsaturated/α-hetero) is 1. The van der Waals surface area contributed by atoms with Crippen molar-refractivity contribution in [3.63, 3.8) is 0 Å². The molecule has 1 saturated heterocycles. The average Bonchev–Trinajstić information content (AvgIpc) is 2.48. The van der Waals surface area contributed by atoms with E-state index in [1.165, 1.54) is 0 Å². The minimum absolute atomic E-state index is 0.0780. The molecule has 1 fully saturated rings. The Hall–Kier alpha value is -1.94. The van der Waals surface area contributed by atoms with Crippen LogP contribution in [0, 0.1) is 5.92 Å². The van der Waals surface area contributed by atoms with Gasteiger partial charge < -0.3 is 10.4 Å². The van der Waals surface area contributed by atoms with E-state index in [4.69, 9.17) is 0 Å². The third-order valence-electron chi connectivity index (χ3n) is 3.72. The second kappa shape index (κ2) is 4.97. The van der Waals surface area contributed by atoms with Crippen LogP contribution in [0.3, 0.4) is 0 Å². The zero-order valence-corrected chi connectivity index (χ0v) is 10.6. The van der Waals surface area contributed by atoms with Crippen LogP contribution in [0.25, 0.3) is 10.9 Å². The standard InChI is InChI=1S/C15H16N2O2/c18-13-4-3-12(11-2-1-7-17-14(11)13)15(19)10-5-8-16-9-6-10/h1-4,7,10,16,18H,5-6,8-9H2. The van der Waals surface area contributed by atoms with Crippen LogP contribution in [0.15, 0.2) is 30.5 Å². The molecule has 0 bridgehead atoms. The van der Waals surface area contributed by atoms with Gasteiger partial charge in [0, 0.05) is 23.1 Å². The van der Waals surface area contributed by atoms with Crippen LogP contribution in [-0.2, 0) is 0 Å². The number of aromatic hydroxyl groups is 1. The number of benzene rings is 1. The zero-order valence-electron chi connectivity index (χ0n) is 10.6. The number of nitrogens with zero attached hydrogens (tertiary/aromatic N) is 1. The molecule has 1 aliphatic rings. The predicted molar refractivity (Wildman–Crippen MR) is 73.3 cm³/mol. The first-order valence-corrected chi connectivity index (χ1v) is 6.59. The molecule has 0 unspecified atom stereocenters. The van der Waals surface area contributed by atoms with Crippen molar-refractivity contribution in [1.82, 2.24) is 10.3 Å². The van der Waals surface area contributed by atoms with E-state index in [0.717, 1.165) is 31.3 Å². The van der Waals surface area contributed by atoms with Crippen molar-refractivity contribution in [2.45, 2.75) is 12.8 Å². The monoisotopic (exact) mass is 256 g/mol. The fraction of sp³-hybridized carbons (Fsp3) is 0.333. The number of hydrogen-bond donors (Lipinski definition) is 2. The maximum Gasteiger partial charge on any atom is 0.166 e. The number of hydrogen-bond acceptors (Lipinski definition) is 4. The Morgan fingerprint density at radius 1 is 1.26 bits per heavy atom. The van der Waals surface area contributed by atoms with Crippen molar-refractivity contribution in [2.75, 3.05) is 13.1 Å². The van der Waals surface area contributed by atoms with Crippen LogP contribution in [0.5, 0.6) is 5.75 Å². The third kappa shape index (κ3) is 2.19. The van der Waals surface area contributed by atoms with Crippen molar-refractivity contribution in [3.8, 4) is 5.75 Å². The van der Waals surface area contributed by atoms with Gasteiger partial charge in [-0.3, -0.25) is 9.78 Å². The fourth-order valence-corrected chi connectivity index (χ4v) is 2.68. The largest absolute Gasteiger partial charge is 0.506 e. The Morgan fingerprint density at radius 2 is 2.05 bits per heavy atom. The van der Waals surface area contributed by atoms with Crippen LogP contribution in [0.2, 0.25) is 0 Å². The maximum absolute atomic E-state index is 12.6. The summed E-state index contributed by atoms with van der Waals surface area (Å²) in [4.78, 5) is 16.7. The van der Waals surface area contributed by atoms with Gasteiger partial charge in [-0.25, -0.2) is 0 Å². The molecular weight excluding hydrogens is 240 g/mol. The number of ketones is 1. The number of carbonyl (C=O) groups excluding carboxylic acids is 1. The van der Waals surface area contributed by atoms with Crippen LogP contribution in [0.1, 0.15) is 23.2 Å². The lowest BCUT2D eigenvalue weighted by Crippen LogP contribution is -2.31. The molecule has 4 heteroatoms. The number of aromatic nitrogens is 1. The molecule has 3 rings (SSSR count). The summed E-state index contributed by atoms with van der Waals surface area (Å²) in [6.45, 7) is 1.79. The Bertz CT molecular complexity index is 619. The van der Waals surface area contributed by atoms with Gasteiger partial charge in [0.25, 0.3) is 0 Å². The molecule has 0 aliphatic carbocycles. The topological polar surface area (TPSA) is 62.2 Å². The molecule has 1 aromatic heterocycles. The Kier molecular flexibility index (Phi) is 3.17. The van der Waals surface area contributed by atoms with E-state index in [-0.39, 0.29) is 17.5 Å². The van der Waals surface area contributed by atoms with Gasteiger partial charge >= 0.3 is 0 Å². The van der Waals surface area contributed by atoms with Gasteiger partial charge in [0.15, 0.2) is 5.78 Å². The van der Waals surface area contributed by atoms with Crippen molar-refractivity contribution < 1.29 is 9.90 Å². The molecule has 0 spiro atoms. The quantitative estimate of drug-likeness (QED) is 0.808. The summed E-state index contributed by atoms with van der Waals surface area (Å²) in [5.41, 5.74) is 1.18. The number of phenolic OH excluding ortho intramolecular Hbond substituents is 1. The average molecular weight is 256 g/mol. The highest BCUT2D eigenvalue weighted by atomic mass is 16.3. The summed E-state index contributed by atoms with van der Waals surface area (Å²) < 4.78 is 0. The Morgan fingerprint density at radius 3 is 2.84 bits per heavy atom. The van der Waals surface area contributed by atoms with Gasteiger partial charge in [-0.05, 0) is 44.1 Å². The third-order valence-corrected chi connectivity index (χ3v) is 3.72. The smallest absolute Gasteiger partial charge is 0.166 e. The van der Waals surface area contributed by atoms with Crippen LogP contribution < -0.4 is 5.32 Å². The second-order valence-electron chi connectivity index (χ2n) is 4.92. The molecule has 0 atom stereocenters. The highest BCUT2D eigenvalue weighted by molar-refractivity contribution is 6.09. The predicted octanol–water partition coefficient (Wildman–Crippen LogP) is 2.12. The lowest BCUT2D eigenvalue weighted by atomic mass is 9.88. The first kappa shape index (κ1) is 12.1. The molecule has 2 aromatic rings. The number of fused-ring (bicyclic) bond motifs is 1. The highest BCUT2D eigenvalue weighted by Crippen LogP contribution is 2.28. The molecular formula is C15H16N2O2. The molecule has 2 heterocycles. The molecule has 1 aliphatic heterocycles. The van der Waals surface area contributed by atoms with E-state index in [1.807, 2.05) is 6.07 Å². The molecule has 1 aromatic carbocycles. The summed E-state index contributed by atoms with van der Waals surface area (Å²) >= 11 is 0. The zero-order chi connectivity index (χ0) is 13.2. The molecule has 19 heavy (non-hydrogen) atoms. The first-order chi connectivity index (χ1) is 9.27. The van der Waals surface area contributed by atoms with E-state index in [1.54, 1.807) is 24.4 Å². The summed E-state index contributed by atoms with van der Waals surface area (Å²) in [6, 6.07) is 6.91. The minimum Gasteiger partial charge on any atom is -0.506 e. The number of carbonyl (C=O) groups is 1. The van der Waals surface area contributed by atoms with E-state index < -0.39 is 0 Å². The molecule has 2 N–H and O–H groups in total. The Balaban J connectivity index is 2.05. The molecule has 0 amide bonds. The van der Waals surface area contributed by atoms with Crippen molar-refractivity contribution in [2.24, 2.45) is 5.92 Å². The SMILES string of the molecule is O=C(c1ccc(O)c2ncccc12)C1CCNCC1. The highest BCUT2D eigenvalue weighted by Gasteiger charge is 2.24. The molecule has 98 valence electrons. The lowest BCUT2D eigenvalue weighted by Gasteiger charge is -2.22. The van der Waals surface area contributed by atoms with Crippen LogP contribution in [0.4, 0.5) is 0 Å². The minimum atomic E-state index is 0.0780. The fourth-order valence-electron chi connectivity index (χ4n) is 2.68.